The molecule has 32 heavy (non-hydrogen) atoms. The second kappa shape index (κ2) is 9.16. The number of fused-ring (bicyclic) bond motifs is 1. The number of thiophene rings is 1. The van der Waals surface area contributed by atoms with E-state index in [2.05, 4.69) is 4.90 Å². The standard InChI is InChI=1S/C25H23N3O3S/c29-22(18-4-2-1-3-5-18)19-6-8-20(9-7-19)24-26-21-10-17-32-23(21)25(30)28(24)12-11-27-13-15-31-16-14-27/h1-10,17H,11-16H2. The summed E-state index contributed by atoms with van der Waals surface area (Å²) in [6, 6.07) is 18.5. The molecule has 7 heteroatoms. The zero-order valence-corrected chi connectivity index (χ0v) is 18.4. The molecule has 5 rings (SSSR count). The first-order valence-corrected chi connectivity index (χ1v) is 11.6. The van der Waals surface area contributed by atoms with E-state index in [1.54, 1.807) is 16.7 Å². The van der Waals surface area contributed by atoms with Crippen molar-refractivity contribution in [2.45, 2.75) is 6.54 Å². The molecule has 2 aromatic heterocycles. The molecule has 2 aromatic carbocycles. The first kappa shape index (κ1) is 20.8. The average Bonchev–Trinajstić information content (AvgIpc) is 3.33. The van der Waals surface area contributed by atoms with E-state index in [1.165, 1.54) is 11.3 Å². The largest absolute Gasteiger partial charge is 0.379 e. The lowest BCUT2D eigenvalue weighted by molar-refractivity contribution is 0.0363. The van der Waals surface area contributed by atoms with Crippen molar-refractivity contribution in [3.05, 3.63) is 87.5 Å². The van der Waals surface area contributed by atoms with Crippen LogP contribution < -0.4 is 5.56 Å². The SMILES string of the molecule is O=C(c1ccccc1)c1ccc(-c2nc3ccsc3c(=O)n2CCN2CCOCC2)cc1. The highest BCUT2D eigenvalue weighted by Crippen LogP contribution is 2.23. The van der Waals surface area contributed by atoms with E-state index in [0.29, 0.717) is 33.7 Å². The van der Waals surface area contributed by atoms with Crippen molar-refractivity contribution in [3.8, 4) is 11.4 Å². The molecule has 0 spiro atoms. The number of hydrogen-bond acceptors (Lipinski definition) is 6. The number of rotatable bonds is 6. The Bertz CT molecular complexity index is 1290. The zero-order chi connectivity index (χ0) is 21.9. The Labute approximate surface area is 189 Å². The number of carbonyl (C=O) groups is 1. The van der Waals surface area contributed by atoms with Crippen molar-refractivity contribution >= 4 is 27.3 Å². The summed E-state index contributed by atoms with van der Waals surface area (Å²) in [5, 5.41) is 1.90. The molecule has 0 amide bonds. The molecule has 0 N–H and O–H groups in total. The van der Waals surface area contributed by atoms with Crippen LogP contribution in [0.4, 0.5) is 0 Å². The summed E-state index contributed by atoms with van der Waals surface area (Å²) in [4.78, 5) is 33.1. The zero-order valence-electron chi connectivity index (χ0n) is 17.6. The van der Waals surface area contributed by atoms with Gasteiger partial charge in [-0.25, -0.2) is 4.98 Å². The quantitative estimate of drug-likeness (QED) is 0.424. The van der Waals surface area contributed by atoms with Crippen LogP contribution in [0.25, 0.3) is 21.6 Å². The molecular weight excluding hydrogens is 422 g/mol. The number of aromatic nitrogens is 2. The molecule has 3 heterocycles. The Morgan fingerprint density at radius 2 is 1.66 bits per heavy atom. The third-order valence-electron chi connectivity index (χ3n) is 5.75. The van der Waals surface area contributed by atoms with Crippen LogP contribution >= 0.6 is 11.3 Å². The maximum Gasteiger partial charge on any atom is 0.271 e. The van der Waals surface area contributed by atoms with Crippen LogP contribution in [-0.4, -0.2) is 53.1 Å². The number of ketones is 1. The lowest BCUT2D eigenvalue weighted by atomic mass is 10.0. The van der Waals surface area contributed by atoms with Crippen LogP contribution in [0, 0.1) is 0 Å². The Hall–Kier alpha value is -3.13. The minimum atomic E-state index is -0.0249. The van der Waals surface area contributed by atoms with Gasteiger partial charge in [0.05, 0.1) is 18.7 Å². The second-order valence-electron chi connectivity index (χ2n) is 7.75. The Morgan fingerprint density at radius 1 is 0.938 bits per heavy atom. The van der Waals surface area contributed by atoms with Gasteiger partial charge in [-0.15, -0.1) is 11.3 Å². The highest BCUT2D eigenvalue weighted by molar-refractivity contribution is 7.17. The lowest BCUT2D eigenvalue weighted by Gasteiger charge is -2.27. The molecule has 1 aliphatic heterocycles. The van der Waals surface area contributed by atoms with E-state index in [9.17, 15) is 9.59 Å². The third-order valence-corrected chi connectivity index (χ3v) is 6.64. The van der Waals surface area contributed by atoms with Crippen molar-refractivity contribution in [3.63, 3.8) is 0 Å². The van der Waals surface area contributed by atoms with Crippen molar-refractivity contribution in [1.29, 1.82) is 0 Å². The first-order valence-electron chi connectivity index (χ1n) is 10.7. The van der Waals surface area contributed by atoms with Gasteiger partial charge in [-0.1, -0.05) is 54.6 Å². The third kappa shape index (κ3) is 4.14. The van der Waals surface area contributed by atoms with Gasteiger partial charge in [0, 0.05) is 42.9 Å². The van der Waals surface area contributed by atoms with Crippen LogP contribution in [0.15, 0.2) is 70.8 Å². The van der Waals surface area contributed by atoms with E-state index < -0.39 is 0 Å². The molecule has 6 nitrogen and oxygen atoms in total. The van der Waals surface area contributed by atoms with Gasteiger partial charge in [0.15, 0.2) is 5.78 Å². The minimum absolute atomic E-state index is 0.0160. The average molecular weight is 446 g/mol. The first-order chi connectivity index (χ1) is 15.7. The number of ether oxygens (including phenoxy) is 1. The molecule has 162 valence electrons. The number of morpholine rings is 1. The summed E-state index contributed by atoms with van der Waals surface area (Å²) in [7, 11) is 0. The second-order valence-corrected chi connectivity index (χ2v) is 8.67. The summed E-state index contributed by atoms with van der Waals surface area (Å²) in [6.45, 7) is 4.50. The van der Waals surface area contributed by atoms with E-state index in [0.717, 1.165) is 38.4 Å². The molecule has 0 saturated carbocycles. The molecule has 0 unspecified atom stereocenters. The fourth-order valence-electron chi connectivity index (χ4n) is 3.96. The Morgan fingerprint density at radius 3 is 2.41 bits per heavy atom. The van der Waals surface area contributed by atoms with Gasteiger partial charge in [-0.2, -0.15) is 0 Å². The van der Waals surface area contributed by atoms with Crippen LogP contribution in [-0.2, 0) is 11.3 Å². The van der Waals surface area contributed by atoms with Crippen LogP contribution in [0.1, 0.15) is 15.9 Å². The molecule has 0 radical (unpaired) electrons. The van der Waals surface area contributed by atoms with Crippen molar-refractivity contribution in [1.82, 2.24) is 14.5 Å². The van der Waals surface area contributed by atoms with E-state index in [4.69, 9.17) is 9.72 Å². The van der Waals surface area contributed by atoms with Crippen LogP contribution in [0.5, 0.6) is 0 Å². The summed E-state index contributed by atoms with van der Waals surface area (Å²) in [5.74, 6) is 0.607. The maximum absolute atomic E-state index is 13.3. The molecule has 4 aromatic rings. The Kier molecular flexibility index (Phi) is 5.94. The smallest absolute Gasteiger partial charge is 0.271 e. The molecule has 1 saturated heterocycles. The fraction of sp³-hybridized carbons (Fsp3) is 0.240. The molecular formula is C25H23N3O3S. The van der Waals surface area contributed by atoms with Gasteiger partial charge in [0.25, 0.3) is 5.56 Å². The van der Waals surface area contributed by atoms with Crippen LogP contribution in [0.3, 0.4) is 0 Å². The van der Waals surface area contributed by atoms with Gasteiger partial charge < -0.3 is 4.74 Å². The topological polar surface area (TPSA) is 64.4 Å². The minimum Gasteiger partial charge on any atom is -0.379 e. The summed E-state index contributed by atoms with van der Waals surface area (Å²) in [6.07, 6.45) is 0. The van der Waals surface area contributed by atoms with Crippen molar-refractivity contribution in [2.75, 3.05) is 32.8 Å². The van der Waals surface area contributed by atoms with Crippen LogP contribution in [0.2, 0.25) is 0 Å². The molecule has 1 fully saturated rings. The summed E-state index contributed by atoms with van der Waals surface area (Å²) < 4.78 is 7.87. The highest BCUT2D eigenvalue weighted by Gasteiger charge is 2.17. The normalized spacial score (nSPS) is 14.6. The predicted octanol–water partition coefficient (Wildman–Crippen LogP) is 3.69. The monoisotopic (exact) mass is 445 g/mol. The highest BCUT2D eigenvalue weighted by atomic mass is 32.1. The maximum atomic E-state index is 13.3. The lowest BCUT2D eigenvalue weighted by Crippen LogP contribution is -2.39. The predicted molar refractivity (Wildman–Crippen MR) is 126 cm³/mol. The van der Waals surface area contributed by atoms with Gasteiger partial charge in [-0.3, -0.25) is 19.1 Å². The molecule has 1 aliphatic rings. The van der Waals surface area contributed by atoms with E-state index >= 15 is 0 Å². The van der Waals surface area contributed by atoms with Gasteiger partial charge in [0.2, 0.25) is 0 Å². The van der Waals surface area contributed by atoms with Crippen molar-refractivity contribution in [2.24, 2.45) is 0 Å². The molecule has 0 aliphatic carbocycles. The summed E-state index contributed by atoms with van der Waals surface area (Å²) in [5.41, 5.74) is 2.78. The van der Waals surface area contributed by atoms with Gasteiger partial charge >= 0.3 is 0 Å². The van der Waals surface area contributed by atoms with E-state index in [-0.39, 0.29) is 11.3 Å². The molecule has 0 atom stereocenters. The van der Waals surface area contributed by atoms with Crippen molar-refractivity contribution < 1.29 is 9.53 Å². The summed E-state index contributed by atoms with van der Waals surface area (Å²) >= 11 is 1.42. The van der Waals surface area contributed by atoms with Gasteiger partial charge in [-0.05, 0) is 11.4 Å². The molecule has 0 bridgehead atoms. The number of benzene rings is 2. The Balaban J connectivity index is 1.48. The fourth-order valence-corrected chi connectivity index (χ4v) is 4.74. The van der Waals surface area contributed by atoms with Gasteiger partial charge in [0.1, 0.15) is 10.5 Å². The van der Waals surface area contributed by atoms with E-state index in [1.807, 2.05) is 53.9 Å². The number of nitrogens with zero attached hydrogens (tertiary/aromatic N) is 3. The number of carbonyl (C=O) groups excluding carboxylic acids is 1. The number of hydrogen-bond donors (Lipinski definition) is 0.